The van der Waals surface area contributed by atoms with Crippen LogP contribution in [-0.2, 0) is 6.54 Å². The molecular formula is C16H24ClN3O. The summed E-state index contributed by atoms with van der Waals surface area (Å²) in [7, 11) is 0. The van der Waals surface area contributed by atoms with Crippen molar-refractivity contribution < 1.29 is 4.79 Å². The molecule has 1 spiro atoms. The van der Waals surface area contributed by atoms with Crippen LogP contribution in [0.5, 0.6) is 0 Å². The molecule has 2 fully saturated rings. The molecule has 116 valence electrons. The summed E-state index contributed by atoms with van der Waals surface area (Å²) in [5, 5.41) is 6.47. The van der Waals surface area contributed by atoms with Crippen molar-refractivity contribution in [3.8, 4) is 0 Å². The Labute approximate surface area is 132 Å². The summed E-state index contributed by atoms with van der Waals surface area (Å²) in [4.78, 5) is 14.1. The van der Waals surface area contributed by atoms with Crippen LogP contribution in [0.25, 0.3) is 0 Å². The van der Waals surface area contributed by atoms with E-state index in [1.165, 1.54) is 6.42 Å². The van der Waals surface area contributed by atoms with Crippen LogP contribution in [0.3, 0.4) is 0 Å². The summed E-state index contributed by atoms with van der Waals surface area (Å²) in [6.45, 7) is 4.67. The summed E-state index contributed by atoms with van der Waals surface area (Å²) >= 11 is 0. The number of piperidine rings is 1. The molecule has 0 atom stereocenters. The zero-order chi connectivity index (χ0) is 13.8. The van der Waals surface area contributed by atoms with Gasteiger partial charge in [0.2, 0.25) is 0 Å². The van der Waals surface area contributed by atoms with Gasteiger partial charge in [0.05, 0.1) is 0 Å². The van der Waals surface area contributed by atoms with Crippen molar-refractivity contribution in [3.05, 3.63) is 35.9 Å². The Morgan fingerprint density at radius 1 is 1.19 bits per heavy atom. The van der Waals surface area contributed by atoms with E-state index in [4.69, 9.17) is 0 Å². The average Bonchev–Trinajstić information content (AvgIpc) is 2.95. The summed E-state index contributed by atoms with van der Waals surface area (Å²) in [5.41, 5.74) is 1.62. The maximum atomic E-state index is 12.2. The highest BCUT2D eigenvalue weighted by atomic mass is 35.5. The average molecular weight is 310 g/mol. The highest BCUT2D eigenvalue weighted by Crippen LogP contribution is 2.36. The lowest BCUT2D eigenvalue weighted by Gasteiger charge is -2.38. The fraction of sp³-hybridized carbons (Fsp3) is 0.562. The number of urea groups is 1. The van der Waals surface area contributed by atoms with Gasteiger partial charge in [0.1, 0.15) is 0 Å². The monoisotopic (exact) mass is 309 g/mol. The molecule has 0 radical (unpaired) electrons. The topological polar surface area (TPSA) is 44.4 Å². The van der Waals surface area contributed by atoms with Crippen molar-refractivity contribution >= 4 is 18.4 Å². The summed E-state index contributed by atoms with van der Waals surface area (Å²) in [5.74, 6) is 0. The molecule has 2 heterocycles. The number of rotatable bonds is 2. The summed E-state index contributed by atoms with van der Waals surface area (Å²) in [6.07, 6.45) is 3.55. The van der Waals surface area contributed by atoms with E-state index in [0.29, 0.717) is 12.0 Å². The number of hydrogen-bond donors (Lipinski definition) is 2. The lowest BCUT2D eigenvalue weighted by Crippen LogP contribution is -2.47. The molecule has 0 bridgehead atoms. The van der Waals surface area contributed by atoms with Crippen LogP contribution >= 0.6 is 12.4 Å². The van der Waals surface area contributed by atoms with Crippen LogP contribution in [0.1, 0.15) is 24.8 Å². The van der Waals surface area contributed by atoms with Crippen molar-refractivity contribution in [2.75, 3.05) is 26.2 Å². The second-order valence-electron chi connectivity index (χ2n) is 6.06. The van der Waals surface area contributed by atoms with Gasteiger partial charge in [-0.05, 0) is 36.8 Å². The first-order valence-corrected chi connectivity index (χ1v) is 7.55. The van der Waals surface area contributed by atoms with Gasteiger partial charge in [0.25, 0.3) is 0 Å². The van der Waals surface area contributed by atoms with Crippen LogP contribution in [0.4, 0.5) is 4.79 Å². The van der Waals surface area contributed by atoms with E-state index in [1.54, 1.807) is 0 Å². The van der Waals surface area contributed by atoms with Gasteiger partial charge < -0.3 is 15.5 Å². The molecule has 0 saturated carbocycles. The summed E-state index contributed by atoms with van der Waals surface area (Å²) in [6, 6.07) is 10.1. The van der Waals surface area contributed by atoms with Gasteiger partial charge in [-0.3, -0.25) is 0 Å². The molecule has 2 aliphatic heterocycles. The van der Waals surface area contributed by atoms with Crippen LogP contribution in [-0.4, -0.2) is 37.1 Å². The third kappa shape index (κ3) is 3.89. The predicted octanol–water partition coefficient (Wildman–Crippen LogP) is 2.39. The minimum Gasteiger partial charge on any atom is -0.334 e. The zero-order valence-electron chi connectivity index (χ0n) is 12.3. The van der Waals surface area contributed by atoms with Gasteiger partial charge in [-0.1, -0.05) is 30.3 Å². The third-order valence-corrected chi connectivity index (χ3v) is 4.73. The molecule has 2 saturated heterocycles. The number of carbonyl (C=O) groups is 1. The van der Waals surface area contributed by atoms with Gasteiger partial charge in [-0.2, -0.15) is 0 Å². The molecular weight excluding hydrogens is 286 g/mol. The fourth-order valence-electron chi connectivity index (χ4n) is 3.29. The molecule has 1 aromatic carbocycles. The van der Waals surface area contributed by atoms with Crippen molar-refractivity contribution in [1.29, 1.82) is 0 Å². The predicted molar refractivity (Wildman–Crippen MR) is 86.7 cm³/mol. The summed E-state index contributed by atoms with van der Waals surface area (Å²) < 4.78 is 0. The van der Waals surface area contributed by atoms with Crippen LogP contribution in [0.2, 0.25) is 0 Å². The Morgan fingerprint density at radius 3 is 2.52 bits per heavy atom. The van der Waals surface area contributed by atoms with E-state index in [0.717, 1.165) is 44.6 Å². The van der Waals surface area contributed by atoms with Gasteiger partial charge in [0.15, 0.2) is 0 Å². The molecule has 5 heteroatoms. The van der Waals surface area contributed by atoms with Crippen molar-refractivity contribution in [2.24, 2.45) is 5.41 Å². The molecule has 0 aliphatic carbocycles. The highest BCUT2D eigenvalue weighted by molar-refractivity contribution is 5.85. The first-order chi connectivity index (χ1) is 9.77. The second kappa shape index (κ2) is 7.14. The second-order valence-corrected chi connectivity index (χ2v) is 6.06. The van der Waals surface area contributed by atoms with E-state index in [2.05, 4.69) is 10.6 Å². The first-order valence-electron chi connectivity index (χ1n) is 7.55. The highest BCUT2D eigenvalue weighted by Gasteiger charge is 2.37. The number of nitrogens with one attached hydrogen (secondary N) is 2. The Bertz CT molecular complexity index is 450. The molecule has 2 N–H and O–H groups in total. The molecule has 4 nitrogen and oxygen atoms in total. The number of hydrogen-bond acceptors (Lipinski definition) is 2. The lowest BCUT2D eigenvalue weighted by molar-refractivity contribution is 0.129. The number of amides is 2. The van der Waals surface area contributed by atoms with Gasteiger partial charge in [0, 0.05) is 26.2 Å². The molecule has 3 rings (SSSR count). The molecule has 0 unspecified atom stereocenters. The third-order valence-electron chi connectivity index (χ3n) is 4.73. The minimum atomic E-state index is 0. The van der Waals surface area contributed by atoms with E-state index in [9.17, 15) is 4.79 Å². The van der Waals surface area contributed by atoms with Crippen LogP contribution in [0.15, 0.2) is 30.3 Å². The molecule has 2 amide bonds. The van der Waals surface area contributed by atoms with Gasteiger partial charge in [-0.25, -0.2) is 4.79 Å². The van der Waals surface area contributed by atoms with Crippen molar-refractivity contribution in [2.45, 2.75) is 25.8 Å². The molecule has 21 heavy (non-hydrogen) atoms. The molecule has 1 aromatic rings. The Morgan fingerprint density at radius 2 is 1.90 bits per heavy atom. The maximum Gasteiger partial charge on any atom is 0.317 e. The van der Waals surface area contributed by atoms with E-state index < -0.39 is 0 Å². The normalized spacial score (nSPS) is 20.1. The molecule has 0 aromatic heterocycles. The number of benzene rings is 1. The minimum absolute atomic E-state index is 0. The zero-order valence-corrected chi connectivity index (χ0v) is 13.1. The van der Waals surface area contributed by atoms with E-state index in [-0.39, 0.29) is 18.4 Å². The van der Waals surface area contributed by atoms with Crippen molar-refractivity contribution in [3.63, 3.8) is 0 Å². The van der Waals surface area contributed by atoms with E-state index in [1.807, 2.05) is 35.2 Å². The quantitative estimate of drug-likeness (QED) is 0.881. The Hall–Kier alpha value is -1.26. The largest absolute Gasteiger partial charge is 0.334 e. The first kappa shape index (κ1) is 16.1. The Balaban J connectivity index is 0.00000161. The van der Waals surface area contributed by atoms with Gasteiger partial charge >= 0.3 is 6.03 Å². The molecule has 2 aliphatic rings. The van der Waals surface area contributed by atoms with Gasteiger partial charge in [-0.15, -0.1) is 12.4 Å². The smallest absolute Gasteiger partial charge is 0.317 e. The standard InChI is InChI=1S/C16H23N3O.ClH/c20-15(18-12-14-4-2-1-3-5-14)19-10-7-16(8-11-19)6-9-17-13-16;/h1-5,17H,6-13H2,(H,18,20);1H. The van der Waals surface area contributed by atoms with Crippen LogP contribution in [0, 0.1) is 5.41 Å². The maximum absolute atomic E-state index is 12.2. The number of likely N-dealkylation sites (tertiary alicyclic amines) is 1. The number of halogens is 1. The van der Waals surface area contributed by atoms with Crippen molar-refractivity contribution in [1.82, 2.24) is 15.5 Å². The Kier molecular flexibility index (Phi) is 5.48. The number of carbonyl (C=O) groups excluding carboxylic acids is 1. The lowest BCUT2D eigenvalue weighted by atomic mass is 9.78. The van der Waals surface area contributed by atoms with Crippen LogP contribution < -0.4 is 10.6 Å². The number of nitrogens with zero attached hydrogens (tertiary/aromatic N) is 1. The SMILES string of the molecule is Cl.O=C(NCc1ccccc1)N1CCC2(CCNC2)CC1. The van der Waals surface area contributed by atoms with E-state index >= 15 is 0 Å². The fourth-order valence-corrected chi connectivity index (χ4v) is 3.29.